The fourth-order valence-electron chi connectivity index (χ4n) is 0.885. The molecule has 0 saturated carbocycles. The molecule has 0 aliphatic carbocycles. The van der Waals surface area contributed by atoms with E-state index in [4.69, 9.17) is 5.26 Å². The van der Waals surface area contributed by atoms with E-state index >= 15 is 0 Å². The Balaban J connectivity index is 2.52. The lowest BCUT2D eigenvalue weighted by Gasteiger charge is -2.19. The third kappa shape index (κ3) is 3.58. The molecular weight excluding hydrogens is 180 g/mol. The molecule has 1 aromatic heterocycles. The van der Waals surface area contributed by atoms with Crippen LogP contribution < -0.4 is 5.32 Å². The highest BCUT2D eigenvalue weighted by molar-refractivity contribution is 7.12. The molecule has 0 aromatic carbocycles. The Morgan fingerprint density at radius 3 is 2.62 bits per heavy atom. The van der Waals surface area contributed by atoms with Gasteiger partial charge in [-0.1, -0.05) is 0 Å². The number of hydrogen-bond acceptors (Lipinski definition) is 3. The molecule has 3 heteroatoms. The van der Waals surface area contributed by atoms with Crippen LogP contribution in [0.25, 0.3) is 0 Å². The number of thiophene rings is 1. The second-order valence-corrected chi connectivity index (χ2v) is 5.15. The molecule has 0 radical (unpaired) electrons. The maximum atomic E-state index is 8.62. The molecule has 1 rings (SSSR count). The smallest absolute Gasteiger partial charge is 0.110 e. The molecule has 1 heterocycles. The molecule has 0 aliphatic rings. The van der Waals surface area contributed by atoms with Gasteiger partial charge in [-0.3, -0.25) is 0 Å². The summed E-state index contributed by atoms with van der Waals surface area (Å²) in [6, 6.07) is 6.00. The largest absolute Gasteiger partial charge is 0.307 e. The summed E-state index contributed by atoms with van der Waals surface area (Å²) in [4.78, 5) is 2.00. The van der Waals surface area contributed by atoms with Gasteiger partial charge in [-0.2, -0.15) is 5.26 Å². The standard InChI is InChI=1S/C10H14N2S/c1-10(2,3)12-7-9-5-4-8(6-11)13-9/h4-5,12H,7H2,1-3H3. The first-order valence-corrected chi connectivity index (χ1v) is 5.07. The maximum Gasteiger partial charge on any atom is 0.110 e. The quantitative estimate of drug-likeness (QED) is 0.785. The van der Waals surface area contributed by atoms with Gasteiger partial charge in [-0.05, 0) is 32.9 Å². The van der Waals surface area contributed by atoms with Crippen molar-refractivity contribution in [1.29, 1.82) is 5.26 Å². The van der Waals surface area contributed by atoms with Gasteiger partial charge in [0.15, 0.2) is 0 Å². The van der Waals surface area contributed by atoms with Crippen LogP contribution in [0.4, 0.5) is 0 Å². The molecule has 0 saturated heterocycles. The molecule has 0 unspecified atom stereocenters. The van der Waals surface area contributed by atoms with E-state index in [-0.39, 0.29) is 5.54 Å². The first kappa shape index (κ1) is 10.2. The summed E-state index contributed by atoms with van der Waals surface area (Å²) in [6.07, 6.45) is 0. The lowest BCUT2D eigenvalue weighted by molar-refractivity contribution is 0.426. The van der Waals surface area contributed by atoms with E-state index in [1.165, 1.54) is 4.88 Å². The molecular formula is C10H14N2S. The van der Waals surface area contributed by atoms with Crippen LogP contribution in [-0.2, 0) is 6.54 Å². The first-order valence-electron chi connectivity index (χ1n) is 4.25. The summed E-state index contributed by atoms with van der Waals surface area (Å²) < 4.78 is 0. The SMILES string of the molecule is CC(C)(C)NCc1ccc(C#N)s1. The van der Waals surface area contributed by atoms with E-state index in [0.717, 1.165) is 11.4 Å². The van der Waals surface area contributed by atoms with E-state index in [0.29, 0.717) is 0 Å². The lowest BCUT2D eigenvalue weighted by Crippen LogP contribution is -2.34. The van der Waals surface area contributed by atoms with Crippen molar-refractivity contribution in [2.24, 2.45) is 0 Å². The van der Waals surface area contributed by atoms with E-state index in [1.54, 1.807) is 11.3 Å². The van der Waals surface area contributed by atoms with Gasteiger partial charge in [0.05, 0.1) is 0 Å². The van der Waals surface area contributed by atoms with Gasteiger partial charge < -0.3 is 5.32 Å². The van der Waals surface area contributed by atoms with Crippen molar-refractivity contribution in [2.75, 3.05) is 0 Å². The summed E-state index contributed by atoms with van der Waals surface area (Å²) in [5, 5.41) is 12.0. The molecule has 13 heavy (non-hydrogen) atoms. The number of rotatable bonds is 2. The van der Waals surface area contributed by atoms with Crippen LogP contribution in [0.3, 0.4) is 0 Å². The maximum absolute atomic E-state index is 8.62. The highest BCUT2D eigenvalue weighted by Crippen LogP contribution is 2.15. The van der Waals surface area contributed by atoms with E-state index < -0.39 is 0 Å². The fourth-order valence-corrected chi connectivity index (χ4v) is 1.63. The average Bonchev–Trinajstić information content (AvgIpc) is 2.47. The zero-order valence-corrected chi connectivity index (χ0v) is 9.03. The van der Waals surface area contributed by atoms with E-state index in [9.17, 15) is 0 Å². The van der Waals surface area contributed by atoms with Crippen LogP contribution in [0.5, 0.6) is 0 Å². The van der Waals surface area contributed by atoms with Gasteiger partial charge >= 0.3 is 0 Å². The van der Waals surface area contributed by atoms with Crippen LogP contribution in [0.15, 0.2) is 12.1 Å². The van der Waals surface area contributed by atoms with Crippen molar-refractivity contribution in [3.8, 4) is 6.07 Å². The number of nitrogens with zero attached hydrogens (tertiary/aromatic N) is 1. The fraction of sp³-hybridized carbons (Fsp3) is 0.500. The Bertz CT molecular complexity index is 314. The van der Waals surface area contributed by atoms with Crippen LogP contribution in [0.2, 0.25) is 0 Å². The Morgan fingerprint density at radius 1 is 1.46 bits per heavy atom. The molecule has 0 fully saturated rings. The molecule has 0 amide bonds. The molecule has 0 aliphatic heterocycles. The van der Waals surface area contributed by atoms with Gasteiger partial charge in [-0.25, -0.2) is 0 Å². The van der Waals surface area contributed by atoms with Crippen molar-refractivity contribution in [2.45, 2.75) is 32.9 Å². The molecule has 0 spiro atoms. The van der Waals surface area contributed by atoms with Gasteiger partial charge in [0, 0.05) is 17.0 Å². The van der Waals surface area contributed by atoms with Crippen molar-refractivity contribution < 1.29 is 0 Å². The Morgan fingerprint density at radius 2 is 2.15 bits per heavy atom. The van der Waals surface area contributed by atoms with E-state index in [1.807, 2.05) is 12.1 Å². The number of nitriles is 1. The van der Waals surface area contributed by atoms with E-state index in [2.05, 4.69) is 32.2 Å². The highest BCUT2D eigenvalue weighted by atomic mass is 32.1. The summed E-state index contributed by atoms with van der Waals surface area (Å²) in [5.74, 6) is 0. The van der Waals surface area contributed by atoms with Crippen molar-refractivity contribution in [1.82, 2.24) is 5.32 Å². The average molecular weight is 194 g/mol. The second-order valence-electron chi connectivity index (χ2n) is 3.98. The van der Waals surface area contributed by atoms with Crippen molar-refractivity contribution in [3.63, 3.8) is 0 Å². The topological polar surface area (TPSA) is 35.8 Å². The minimum Gasteiger partial charge on any atom is -0.307 e. The molecule has 0 bridgehead atoms. The summed E-state index contributed by atoms with van der Waals surface area (Å²) in [5.41, 5.74) is 0.136. The Kier molecular flexibility index (Phi) is 3.07. The molecule has 2 nitrogen and oxygen atoms in total. The van der Waals surface area contributed by atoms with Gasteiger partial charge in [0.2, 0.25) is 0 Å². The van der Waals surface area contributed by atoms with Gasteiger partial charge in [-0.15, -0.1) is 11.3 Å². The minimum absolute atomic E-state index is 0.136. The van der Waals surface area contributed by atoms with Crippen LogP contribution >= 0.6 is 11.3 Å². The third-order valence-electron chi connectivity index (χ3n) is 1.56. The van der Waals surface area contributed by atoms with Crippen LogP contribution in [0, 0.1) is 11.3 Å². The lowest BCUT2D eigenvalue weighted by atomic mass is 10.1. The normalized spacial score (nSPS) is 11.2. The molecule has 0 atom stereocenters. The zero-order valence-electron chi connectivity index (χ0n) is 8.22. The predicted molar refractivity (Wildman–Crippen MR) is 55.6 cm³/mol. The van der Waals surface area contributed by atoms with Gasteiger partial charge in [0.1, 0.15) is 10.9 Å². The molecule has 1 aromatic rings. The predicted octanol–water partition coefficient (Wildman–Crippen LogP) is 2.51. The monoisotopic (exact) mass is 194 g/mol. The van der Waals surface area contributed by atoms with Crippen LogP contribution in [-0.4, -0.2) is 5.54 Å². The molecule has 1 N–H and O–H groups in total. The Hall–Kier alpha value is -0.850. The third-order valence-corrected chi connectivity index (χ3v) is 2.55. The second kappa shape index (κ2) is 3.91. The van der Waals surface area contributed by atoms with Crippen LogP contribution in [0.1, 0.15) is 30.5 Å². The summed E-state index contributed by atoms with van der Waals surface area (Å²) in [6.45, 7) is 7.24. The zero-order chi connectivity index (χ0) is 9.90. The summed E-state index contributed by atoms with van der Waals surface area (Å²) in [7, 11) is 0. The molecule has 70 valence electrons. The summed E-state index contributed by atoms with van der Waals surface area (Å²) >= 11 is 1.55. The Labute approximate surface area is 83.2 Å². The minimum atomic E-state index is 0.136. The number of nitrogens with one attached hydrogen (secondary N) is 1. The van der Waals surface area contributed by atoms with Crippen molar-refractivity contribution in [3.05, 3.63) is 21.9 Å². The van der Waals surface area contributed by atoms with Gasteiger partial charge in [0.25, 0.3) is 0 Å². The first-order chi connectivity index (χ1) is 6.01. The highest BCUT2D eigenvalue weighted by Gasteiger charge is 2.09. The van der Waals surface area contributed by atoms with Crippen molar-refractivity contribution >= 4 is 11.3 Å². The number of hydrogen-bond donors (Lipinski definition) is 1.